The zero-order valence-corrected chi connectivity index (χ0v) is 17.4. The third kappa shape index (κ3) is 4.43. The highest BCUT2D eigenvalue weighted by Crippen LogP contribution is 2.47. The fourth-order valence-corrected chi connectivity index (χ4v) is 4.57. The average molecular weight is 436 g/mol. The van der Waals surface area contributed by atoms with Crippen molar-refractivity contribution in [2.45, 2.75) is 10.1 Å². The lowest BCUT2D eigenvalue weighted by Crippen LogP contribution is -2.03. The molecule has 0 unspecified atom stereocenters. The van der Waals surface area contributed by atoms with Gasteiger partial charge in [-0.1, -0.05) is 11.8 Å². The lowest BCUT2D eigenvalue weighted by molar-refractivity contribution is -0.385. The van der Waals surface area contributed by atoms with Gasteiger partial charge in [0.15, 0.2) is 15.8 Å². The van der Waals surface area contributed by atoms with Crippen LogP contribution in [0.1, 0.15) is 5.56 Å². The molecule has 0 saturated carbocycles. The van der Waals surface area contributed by atoms with Crippen LogP contribution in [0.25, 0.3) is 11.3 Å². The Morgan fingerprint density at radius 2 is 1.83 bits per heavy atom. The second-order valence-electron chi connectivity index (χ2n) is 5.69. The van der Waals surface area contributed by atoms with E-state index >= 15 is 0 Å². The van der Waals surface area contributed by atoms with Gasteiger partial charge in [0, 0.05) is 16.7 Å². The molecular formula is C19H17FN2O5S2. The molecule has 0 N–H and O–H groups in total. The van der Waals surface area contributed by atoms with E-state index in [2.05, 4.69) is 4.98 Å². The van der Waals surface area contributed by atoms with Crippen LogP contribution in [0.15, 0.2) is 40.1 Å². The summed E-state index contributed by atoms with van der Waals surface area (Å²) >= 11 is 2.74. The van der Waals surface area contributed by atoms with Gasteiger partial charge in [-0.25, -0.2) is 9.37 Å². The molecule has 0 radical (unpaired) electrons. The molecule has 0 bridgehead atoms. The second kappa shape index (κ2) is 9.10. The minimum absolute atomic E-state index is 0.123. The summed E-state index contributed by atoms with van der Waals surface area (Å²) < 4.78 is 29.7. The second-order valence-corrected chi connectivity index (χ2v) is 7.77. The molecule has 1 aromatic heterocycles. The molecule has 10 heteroatoms. The number of hydrogen-bond acceptors (Lipinski definition) is 8. The first-order chi connectivity index (χ1) is 14.0. The van der Waals surface area contributed by atoms with Crippen LogP contribution in [0.5, 0.6) is 17.2 Å². The van der Waals surface area contributed by atoms with Crippen molar-refractivity contribution in [3.63, 3.8) is 0 Å². The summed E-state index contributed by atoms with van der Waals surface area (Å²) in [4.78, 5) is 15.6. The molecule has 0 spiro atoms. The van der Waals surface area contributed by atoms with E-state index in [0.717, 1.165) is 9.90 Å². The highest BCUT2D eigenvalue weighted by atomic mass is 32.2. The third-order valence-corrected chi connectivity index (χ3v) is 6.12. The molecule has 7 nitrogen and oxygen atoms in total. The monoisotopic (exact) mass is 436 g/mol. The zero-order valence-electron chi connectivity index (χ0n) is 15.8. The van der Waals surface area contributed by atoms with Gasteiger partial charge in [0.05, 0.1) is 43.6 Å². The van der Waals surface area contributed by atoms with Crippen LogP contribution in [-0.2, 0) is 5.75 Å². The molecule has 0 fully saturated rings. The number of nitro benzene ring substituents is 1. The molecule has 3 rings (SSSR count). The Morgan fingerprint density at radius 1 is 1.14 bits per heavy atom. The summed E-state index contributed by atoms with van der Waals surface area (Å²) in [6.07, 6.45) is 0. The minimum atomic E-state index is -0.480. The van der Waals surface area contributed by atoms with Gasteiger partial charge in [0.25, 0.3) is 5.69 Å². The summed E-state index contributed by atoms with van der Waals surface area (Å²) in [6.45, 7) is 0. The first-order valence-electron chi connectivity index (χ1n) is 8.29. The van der Waals surface area contributed by atoms with Crippen LogP contribution in [0.4, 0.5) is 10.1 Å². The average Bonchev–Trinajstić information content (AvgIpc) is 3.20. The summed E-state index contributed by atoms with van der Waals surface area (Å²) in [5.41, 5.74) is 1.76. The maximum Gasteiger partial charge on any atom is 0.281 e. The SMILES string of the molecule is COc1cc([N+](=O)[O-])c(CSc2nc(-c3ccc(F)cc3)cs2)c(OC)c1OC. The van der Waals surface area contributed by atoms with E-state index in [4.69, 9.17) is 14.2 Å². The number of nitro groups is 1. The van der Waals surface area contributed by atoms with E-state index in [0.29, 0.717) is 17.0 Å². The maximum atomic E-state index is 13.1. The number of ether oxygens (including phenoxy) is 3. The predicted octanol–water partition coefficient (Wildman–Crippen LogP) is 5.18. The Kier molecular flexibility index (Phi) is 6.55. The van der Waals surface area contributed by atoms with Gasteiger partial charge in [0.1, 0.15) is 5.82 Å². The summed E-state index contributed by atoms with van der Waals surface area (Å²) in [5.74, 6) is 0.698. The lowest BCUT2D eigenvalue weighted by Gasteiger charge is -2.15. The van der Waals surface area contributed by atoms with E-state index in [-0.39, 0.29) is 28.8 Å². The number of methoxy groups -OCH3 is 3. The van der Waals surface area contributed by atoms with Crippen LogP contribution in [0.2, 0.25) is 0 Å². The van der Waals surface area contributed by atoms with E-state index in [1.165, 1.54) is 62.6 Å². The molecular weight excluding hydrogens is 419 g/mol. The summed E-state index contributed by atoms with van der Waals surface area (Å²) in [6, 6.07) is 7.38. The molecule has 0 aliphatic rings. The van der Waals surface area contributed by atoms with Gasteiger partial charge in [0.2, 0.25) is 5.75 Å². The van der Waals surface area contributed by atoms with Crippen molar-refractivity contribution in [3.8, 4) is 28.5 Å². The number of aromatic nitrogens is 1. The quantitative estimate of drug-likeness (QED) is 0.273. The molecule has 1 heterocycles. The van der Waals surface area contributed by atoms with Crippen LogP contribution >= 0.6 is 23.1 Å². The molecule has 0 amide bonds. The van der Waals surface area contributed by atoms with Gasteiger partial charge in [-0.05, 0) is 24.3 Å². The summed E-state index contributed by atoms with van der Waals surface area (Å²) in [5, 5.41) is 13.4. The van der Waals surface area contributed by atoms with Crippen LogP contribution in [0, 0.1) is 15.9 Å². The van der Waals surface area contributed by atoms with E-state index in [9.17, 15) is 14.5 Å². The van der Waals surface area contributed by atoms with Gasteiger partial charge in [-0.3, -0.25) is 10.1 Å². The molecule has 0 atom stereocenters. The van der Waals surface area contributed by atoms with Crippen molar-refractivity contribution in [2.24, 2.45) is 0 Å². The highest BCUT2D eigenvalue weighted by Gasteiger charge is 2.27. The fourth-order valence-electron chi connectivity index (χ4n) is 2.72. The topological polar surface area (TPSA) is 83.7 Å². The van der Waals surface area contributed by atoms with Crippen molar-refractivity contribution >= 4 is 28.8 Å². The molecule has 2 aromatic carbocycles. The minimum Gasteiger partial charge on any atom is -0.492 e. The molecule has 29 heavy (non-hydrogen) atoms. The van der Waals surface area contributed by atoms with Crippen molar-refractivity contribution in [2.75, 3.05) is 21.3 Å². The fraction of sp³-hybridized carbons (Fsp3) is 0.211. The number of thioether (sulfide) groups is 1. The molecule has 152 valence electrons. The maximum absolute atomic E-state index is 13.1. The highest BCUT2D eigenvalue weighted by molar-refractivity contribution is 8.00. The van der Waals surface area contributed by atoms with E-state index in [1.807, 2.05) is 5.38 Å². The van der Waals surface area contributed by atoms with Crippen LogP contribution in [0.3, 0.4) is 0 Å². The van der Waals surface area contributed by atoms with Gasteiger partial charge < -0.3 is 14.2 Å². The lowest BCUT2D eigenvalue weighted by atomic mass is 10.1. The van der Waals surface area contributed by atoms with Crippen LogP contribution in [-0.4, -0.2) is 31.2 Å². The Bertz CT molecular complexity index is 1020. The van der Waals surface area contributed by atoms with Crippen molar-refractivity contribution in [1.82, 2.24) is 4.98 Å². The van der Waals surface area contributed by atoms with Gasteiger partial charge in [-0.2, -0.15) is 0 Å². The number of hydrogen-bond donors (Lipinski definition) is 0. The first-order valence-corrected chi connectivity index (χ1v) is 10.2. The Labute approximate surface area is 174 Å². The molecule has 0 saturated heterocycles. The van der Waals surface area contributed by atoms with Crippen molar-refractivity contribution in [3.05, 3.63) is 57.2 Å². The Morgan fingerprint density at radius 3 is 2.41 bits per heavy atom. The standard InChI is InChI=1S/C19H17FN2O5S2/c1-25-16-8-15(22(23)24)13(17(26-2)18(16)27-3)9-28-19-21-14(10-29-19)11-4-6-12(20)7-5-11/h4-8,10H,9H2,1-3H3. The first kappa shape index (κ1) is 20.9. The van der Waals surface area contributed by atoms with Gasteiger partial charge in [-0.15, -0.1) is 11.3 Å². The number of nitrogens with zero attached hydrogens (tertiary/aromatic N) is 2. The number of benzene rings is 2. The van der Waals surface area contributed by atoms with Crippen LogP contribution < -0.4 is 14.2 Å². The number of halogens is 1. The number of thiazole rings is 1. The largest absolute Gasteiger partial charge is 0.492 e. The number of rotatable bonds is 8. The molecule has 3 aromatic rings. The Balaban J connectivity index is 1.90. The molecule has 0 aliphatic carbocycles. The smallest absolute Gasteiger partial charge is 0.281 e. The van der Waals surface area contributed by atoms with E-state index < -0.39 is 4.92 Å². The predicted molar refractivity (Wildman–Crippen MR) is 110 cm³/mol. The zero-order chi connectivity index (χ0) is 21.0. The van der Waals surface area contributed by atoms with Gasteiger partial charge >= 0.3 is 0 Å². The summed E-state index contributed by atoms with van der Waals surface area (Å²) in [7, 11) is 4.27. The Hall–Kier alpha value is -2.85. The normalized spacial score (nSPS) is 10.6. The van der Waals surface area contributed by atoms with Crippen molar-refractivity contribution < 1.29 is 23.5 Å². The third-order valence-electron chi connectivity index (χ3n) is 4.07. The molecule has 0 aliphatic heterocycles. The van der Waals surface area contributed by atoms with E-state index in [1.54, 1.807) is 12.1 Å². The van der Waals surface area contributed by atoms with Crippen molar-refractivity contribution in [1.29, 1.82) is 0 Å².